The molecule has 0 aliphatic heterocycles. The molecule has 0 amide bonds. The lowest BCUT2D eigenvalue weighted by atomic mass is 10.2. The van der Waals surface area contributed by atoms with Crippen molar-refractivity contribution >= 4 is 26.9 Å². The summed E-state index contributed by atoms with van der Waals surface area (Å²) < 4.78 is 25.7. The molecule has 0 aliphatic carbocycles. The SMILES string of the molecule is CCc1cc2cc(S(C)(=O)=O)ccc2n1Cc1ccccc1.O=C=O. The highest BCUT2D eigenvalue weighted by Gasteiger charge is 2.12. The van der Waals surface area contributed by atoms with E-state index in [2.05, 4.69) is 29.7 Å². The molecule has 0 saturated heterocycles. The average Bonchev–Trinajstić information content (AvgIpc) is 2.93. The van der Waals surface area contributed by atoms with Crippen molar-refractivity contribution in [2.75, 3.05) is 6.26 Å². The second-order valence-corrected chi connectivity index (χ2v) is 7.65. The van der Waals surface area contributed by atoms with Gasteiger partial charge in [-0.1, -0.05) is 37.3 Å². The third-order valence-electron chi connectivity index (χ3n) is 3.93. The molecule has 25 heavy (non-hydrogen) atoms. The van der Waals surface area contributed by atoms with Crippen LogP contribution in [0.2, 0.25) is 0 Å². The lowest BCUT2D eigenvalue weighted by molar-refractivity contribution is -0.191. The van der Waals surface area contributed by atoms with Crippen molar-refractivity contribution < 1.29 is 18.0 Å². The predicted molar refractivity (Wildman–Crippen MR) is 95.0 cm³/mol. The van der Waals surface area contributed by atoms with Crippen molar-refractivity contribution in [2.24, 2.45) is 0 Å². The van der Waals surface area contributed by atoms with Crippen LogP contribution < -0.4 is 0 Å². The van der Waals surface area contributed by atoms with Crippen LogP contribution >= 0.6 is 0 Å². The maximum atomic E-state index is 11.7. The normalized spacial score (nSPS) is 10.8. The van der Waals surface area contributed by atoms with Gasteiger partial charge >= 0.3 is 6.15 Å². The molecule has 0 radical (unpaired) electrons. The first-order chi connectivity index (χ1) is 11.9. The average molecular weight is 357 g/mol. The molecule has 0 unspecified atom stereocenters. The Balaban J connectivity index is 0.000000701. The monoisotopic (exact) mass is 357 g/mol. The molecular formula is C19H19NO4S. The van der Waals surface area contributed by atoms with E-state index in [-0.39, 0.29) is 6.15 Å². The van der Waals surface area contributed by atoms with E-state index < -0.39 is 9.84 Å². The number of rotatable bonds is 4. The van der Waals surface area contributed by atoms with Gasteiger partial charge in [-0.2, -0.15) is 9.59 Å². The van der Waals surface area contributed by atoms with E-state index in [0.29, 0.717) is 4.90 Å². The number of sulfone groups is 1. The Bertz CT molecular complexity index is 999. The molecule has 0 bridgehead atoms. The Morgan fingerprint density at radius 2 is 1.64 bits per heavy atom. The van der Waals surface area contributed by atoms with Gasteiger partial charge in [-0.05, 0) is 36.2 Å². The van der Waals surface area contributed by atoms with Crippen LogP contribution in [0.1, 0.15) is 18.2 Å². The second kappa shape index (κ2) is 7.92. The van der Waals surface area contributed by atoms with E-state index in [1.165, 1.54) is 17.5 Å². The Labute approximate surface area is 146 Å². The Morgan fingerprint density at radius 1 is 1.00 bits per heavy atom. The summed E-state index contributed by atoms with van der Waals surface area (Å²) in [7, 11) is -3.17. The van der Waals surface area contributed by atoms with Crippen LogP contribution in [0.4, 0.5) is 0 Å². The summed E-state index contributed by atoms with van der Waals surface area (Å²) in [6.07, 6.45) is 2.41. The summed E-state index contributed by atoms with van der Waals surface area (Å²) in [6, 6.07) is 17.8. The lowest BCUT2D eigenvalue weighted by Gasteiger charge is -2.10. The number of nitrogens with zero attached hydrogens (tertiary/aromatic N) is 1. The lowest BCUT2D eigenvalue weighted by Crippen LogP contribution is -2.03. The molecule has 0 fully saturated rings. The molecule has 0 aliphatic rings. The summed E-state index contributed by atoms with van der Waals surface area (Å²) in [5, 5.41) is 0.982. The van der Waals surface area contributed by atoms with Gasteiger partial charge in [-0.25, -0.2) is 8.42 Å². The summed E-state index contributed by atoms with van der Waals surface area (Å²) in [5.74, 6) is 0. The van der Waals surface area contributed by atoms with Gasteiger partial charge in [0, 0.05) is 29.4 Å². The summed E-state index contributed by atoms with van der Waals surface area (Å²) >= 11 is 0. The van der Waals surface area contributed by atoms with Crippen LogP contribution in [0, 0.1) is 0 Å². The van der Waals surface area contributed by atoms with Gasteiger partial charge in [0.25, 0.3) is 0 Å². The molecule has 0 spiro atoms. The van der Waals surface area contributed by atoms with Gasteiger partial charge in [-0.3, -0.25) is 0 Å². The number of hydrogen-bond donors (Lipinski definition) is 0. The zero-order chi connectivity index (χ0) is 18.4. The minimum atomic E-state index is -3.17. The van der Waals surface area contributed by atoms with E-state index in [4.69, 9.17) is 9.59 Å². The molecule has 0 saturated carbocycles. The van der Waals surface area contributed by atoms with Crippen LogP contribution in [0.25, 0.3) is 10.9 Å². The zero-order valence-corrected chi connectivity index (χ0v) is 14.9. The molecule has 0 atom stereocenters. The summed E-state index contributed by atoms with van der Waals surface area (Å²) in [5.41, 5.74) is 3.53. The van der Waals surface area contributed by atoms with E-state index in [1.807, 2.05) is 24.3 Å². The van der Waals surface area contributed by atoms with Crippen molar-refractivity contribution in [1.29, 1.82) is 0 Å². The third-order valence-corrected chi connectivity index (χ3v) is 5.04. The fourth-order valence-corrected chi connectivity index (χ4v) is 3.44. The largest absolute Gasteiger partial charge is 0.373 e. The first kappa shape index (κ1) is 18.6. The second-order valence-electron chi connectivity index (χ2n) is 5.64. The van der Waals surface area contributed by atoms with Gasteiger partial charge in [0.2, 0.25) is 0 Å². The van der Waals surface area contributed by atoms with E-state index >= 15 is 0 Å². The van der Waals surface area contributed by atoms with Gasteiger partial charge in [0.05, 0.1) is 4.90 Å². The highest BCUT2D eigenvalue weighted by Crippen LogP contribution is 2.25. The molecule has 3 aromatic rings. The van der Waals surface area contributed by atoms with Crippen molar-refractivity contribution in [3.8, 4) is 0 Å². The van der Waals surface area contributed by atoms with Crippen LogP contribution in [-0.4, -0.2) is 25.4 Å². The predicted octanol–water partition coefficient (Wildman–Crippen LogP) is 3.07. The topological polar surface area (TPSA) is 73.2 Å². The standard InChI is InChI=1S/C18H19NO2S.CO2/c1-3-16-11-15-12-17(22(2,20)21)9-10-18(15)19(16)13-14-7-5-4-6-8-14;2-1-3/h4-12H,3,13H2,1-2H3;. The van der Waals surface area contributed by atoms with Crippen LogP contribution in [0.15, 0.2) is 59.5 Å². The highest BCUT2D eigenvalue weighted by atomic mass is 32.2. The summed E-state index contributed by atoms with van der Waals surface area (Å²) in [6.45, 7) is 2.92. The molecule has 0 N–H and O–H groups in total. The first-order valence-corrected chi connectivity index (χ1v) is 9.65. The van der Waals surface area contributed by atoms with E-state index in [0.717, 1.165) is 23.9 Å². The van der Waals surface area contributed by atoms with Crippen molar-refractivity contribution in [3.05, 3.63) is 65.9 Å². The van der Waals surface area contributed by atoms with E-state index in [1.54, 1.807) is 12.1 Å². The minimum absolute atomic E-state index is 0.250. The Hall–Kier alpha value is -2.69. The maximum absolute atomic E-state index is 11.7. The fraction of sp³-hybridized carbons (Fsp3) is 0.211. The summed E-state index contributed by atoms with van der Waals surface area (Å²) in [4.78, 5) is 16.6. The van der Waals surface area contributed by atoms with Gasteiger partial charge in [-0.15, -0.1) is 0 Å². The molecule has 5 nitrogen and oxygen atoms in total. The van der Waals surface area contributed by atoms with Crippen molar-refractivity contribution in [3.63, 3.8) is 0 Å². The molecule has 6 heteroatoms. The van der Waals surface area contributed by atoms with Crippen molar-refractivity contribution in [1.82, 2.24) is 4.57 Å². The number of aromatic nitrogens is 1. The number of benzene rings is 2. The highest BCUT2D eigenvalue weighted by molar-refractivity contribution is 7.90. The third kappa shape index (κ3) is 4.44. The number of hydrogen-bond acceptors (Lipinski definition) is 4. The fourth-order valence-electron chi connectivity index (χ4n) is 2.78. The number of aryl methyl sites for hydroxylation is 1. The van der Waals surface area contributed by atoms with E-state index in [9.17, 15) is 8.42 Å². The first-order valence-electron chi connectivity index (χ1n) is 7.76. The Morgan fingerprint density at radius 3 is 2.20 bits per heavy atom. The van der Waals surface area contributed by atoms with Gasteiger partial charge in [0.15, 0.2) is 9.84 Å². The van der Waals surface area contributed by atoms with Gasteiger partial charge < -0.3 is 4.57 Å². The Kier molecular flexibility index (Phi) is 5.91. The quantitative estimate of drug-likeness (QED) is 0.719. The van der Waals surface area contributed by atoms with Crippen LogP contribution in [-0.2, 0) is 32.4 Å². The zero-order valence-electron chi connectivity index (χ0n) is 14.1. The van der Waals surface area contributed by atoms with Gasteiger partial charge in [0.1, 0.15) is 0 Å². The molecule has 2 aromatic carbocycles. The van der Waals surface area contributed by atoms with Crippen LogP contribution in [0.3, 0.4) is 0 Å². The molecular weight excluding hydrogens is 338 g/mol. The van der Waals surface area contributed by atoms with Crippen molar-refractivity contribution in [2.45, 2.75) is 24.8 Å². The molecule has 3 rings (SSSR count). The number of carbonyl (C=O) groups excluding carboxylic acids is 2. The number of fused-ring (bicyclic) bond motifs is 1. The molecule has 1 heterocycles. The minimum Gasteiger partial charge on any atom is -0.340 e. The smallest absolute Gasteiger partial charge is 0.340 e. The molecule has 130 valence electrons. The molecule has 1 aromatic heterocycles. The maximum Gasteiger partial charge on any atom is 0.373 e. The van der Waals surface area contributed by atoms with Crippen LogP contribution in [0.5, 0.6) is 0 Å².